The fraction of sp³-hybridized carbons (Fsp3) is 0.111. The molecule has 4 nitrogen and oxygen atoms in total. The lowest BCUT2D eigenvalue weighted by Gasteiger charge is -2.01. The van der Waals surface area contributed by atoms with Crippen LogP contribution < -0.4 is 0 Å². The molecule has 0 aliphatic carbocycles. The van der Waals surface area contributed by atoms with Crippen molar-refractivity contribution >= 4 is 23.2 Å². The van der Waals surface area contributed by atoms with Crippen LogP contribution >= 0.6 is 23.2 Å². The third-order valence-corrected chi connectivity index (χ3v) is 2.37. The second-order valence-corrected chi connectivity index (χ2v) is 3.75. The maximum absolute atomic E-state index is 9.35. The van der Waals surface area contributed by atoms with E-state index < -0.39 is 0 Å². The highest BCUT2D eigenvalue weighted by Gasteiger charge is 2.12. The molecule has 78 valence electrons. The van der Waals surface area contributed by atoms with Crippen LogP contribution in [-0.2, 0) is 0 Å². The SMILES string of the molecule is Cc1noc(-c2cc(Cl)c(O)c(Cl)c2)n1. The molecular formula is C9H6Cl2N2O2. The molecule has 1 aromatic carbocycles. The first-order valence-corrected chi connectivity index (χ1v) is 4.82. The summed E-state index contributed by atoms with van der Waals surface area (Å²) in [4.78, 5) is 4.02. The van der Waals surface area contributed by atoms with Gasteiger partial charge < -0.3 is 9.63 Å². The van der Waals surface area contributed by atoms with Crippen molar-refractivity contribution in [3.8, 4) is 17.2 Å². The highest BCUT2D eigenvalue weighted by atomic mass is 35.5. The van der Waals surface area contributed by atoms with Crippen molar-refractivity contribution in [1.82, 2.24) is 10.1 Å². The Hall–Kier alpha value is -1.26. The summed E-state index contributed by atoms with van der Waals surface area (Å²) in [6.45, 7) is 1.70. The number of phenolic OH excluding ortho intramolecular Hbond substituents is 1. The van der Waals surface area contributed by atoms with E-state index in [2.05, 4.69) is 10.1 Å². The Morgan fingerprint density at radius 2 is 1.87 bits per heavy atom. The van der Waals surface area contributed by atoms with E-state index in [9.17, 15) is 5.11 Å². The summed E-state index contributed by atoms with van der Waals surface area (Å²) in [5.41, 5.74) is 0.573. The third kappa shape index (κ3) is 1.91. The maximum atomic E-state index is 9.35. The molecule has 0 saturated heterocycles. The van der Waals surface area contributed by atoms with Gasteiger partial charge in [0, 0.05) is 5.56 Å². The Bertz CT molecular complexity index is 488. The Morgan fingerprint density at radius 3 is 2.33 bits per heavy atom. The topological polar surface area (TPSA) is 59.2 Å². The summed E-state index contributed by atoms with van der Waals surface area (Å²) in [5, 5.41) is 13.3. The van der Waals surface area contributed by atoms with Crippen molar-refractivity contribution in [3.63, 3.8) is 0 Å². The number of nitrogens with zero attached hydrogens (tertiary/aromatic N) is 2. The number of aromatic nitrogens is 2. The van der Waals surface area contributed by atoms with Crippen LogP contribution in [0.4, 0.5) is 0 Å². The fourth-order valence-electron chi connectivity index (χ4n) is 1.10. The molecule has 0 atom stereocenters. The molecule has 0 aliphatic heterocycles. The van der Waals surface area contributed by atoms with Crippen LogP contribution in [0.1, 0.15) is 5.82 Å². The highest BCUT2D eigenvalue weighted by Crippen LogP contribution is 2.35. The Balaban J connectivity index is 2.55. The maximum Gasteiger partial charge on any atom is 0.258 e. The Kier molecular flexibility index (Phi) is 2.54. The van der Waals surface area contributed by atoms with Gasteiger partial charge in [0.1, 0.15) is 0 Å². The zero-order valence-corrected chi connectivity index (χ0v) is 9.17. The fourth-order valence-corrected chi connectivity index (χ4v) is 1.59. The highest BCUT2D eigenvalue weighted by molar-refractivity contribution is 6.37. The molecule has 1 N–H and O–H groups in total. The van der Waals surface area contributed by atoms with Crippen LogP contribution in [0.2, 0.25) is 10.0 Å². The number of aromatic hydroxyl groups is 1. The largest absolute Gasteiger partial charge is 0.505 e. The van der Waals surface area contributed by atoms with Crippen molar-refractivity contribution < 1.29 is 9.63 Å². The van der Waals surface area contributed by atoms with Gasteiger partial charge in [-0.1, -0.05) is 28.4 Å². The number of benzene rings is 1. The second kappa shape index (κ2) is 3.72. The summed E-state index contributed by atoms with van der Waals surface area (Å²) in [6.07, 6.45) is 0. The molecule has 1 heterocycles. The van der Waals surface area contributed by atoms with Gasteiger partial charge in [-0.25, -0.2) is 0 Å². The Morgan fingerprint density at radius 1 is 1.27 bits per heavy atom. The lowest BCUT2D eigenvalue weighted by Crippen LogP contribution is -1.80. The van der Waals surface area contributed by atoms with Crippen molar-refractivity contribution in [2.45, 2.75) is 6.92 Å². The molecule has 0 amide bonds. The molecule has 15 heavy (non-hydrogen) atoms. The smallest absolute Gasteiger partial charge is 0.258 e. The minimum atomic E-state index is -0.154. The lowest BCUT2D eigenvalue weighted by molar-refractivity contribution is 0.425. The molecule has 0 spiro atoms. The summed E-state index contributed by atoms with van der Waals surface area (Å²) >= 11 is 11.5. The van der Waals surface area contributed by atoms with E-state index in [4.69, 9.17) is 27.7 Å². The first-order chi connectivity index (χ1) is 7.08. The van der Waals surface area contributed by atoms with Gasteiger partial charge in [0.2, 0.25) is 0 Å². The van der Waals surface area contributed by atoms with Gasteiger partial charge >= 0.3 is 0 Å². The molecule has 0 aliphatic rings. The molecule has 2 rings (SSSR count). The van der Waals surface area contributed by atoms with E-state index in [0.717, 1.165) is 0 Å². The quantitative estimate of drug-likeness (QED) is 0.838. The molecule has 0 radical (unpaired) electrons. The van der Waals surface area contributed by atoms with Crippen LogP contribution in [-0.4, -0.2) is 15.2 Å². The van der Waals surface area contributed by atoms with Crippen LogP contribution in [0.25, 0.3) is 11.5 Å². The van der Waals surface area contributed by atoms with E-state index in [-0.39, 0.29) is 15.8 Å². The number of hydrogen-bond acceptors (Lipinski definition) is 4. The summed E-state index contributed by atoms with van der Waals surface area (Å²) in [5.74, 6) is 0.681. The van der Waals surface area contributed by atoms with E-state index in [1.165, 1.54) is 12.1 Å². The van der Waals surface area contributed by atoms with E-state index in [0.29, 0.717) is 17.3 Å². The molecule has 2 aromatic rings. The number of halogens is 2. The van der Waals surface area contributed by atoms with Crippen molar-refractivity contribution in [3.05, 3.63) is 28.0 Å². The van der Waals surface area contributed by atoms with Gasteiger partial charge in [-0.3, -0.25) is 0 Å². The number of aryl methyl sites for hydroxylation is 1. The van der Waals surface area contributed by atoms with E-state index in [1.807, 2.05) is 0 Å². The average molecular weight is 245 g/mol. The molecule has 6 heteroatoms. The summed E-state index contributed by atoms with van der Waals surface area (Å²) in [6, 6.07) is 3.02. The van der Waals surface area contributed by atoms with Gasteiger partial charge in [0.05, 0.1) is 10.0 Å². The van der Waals surface area contributed by atoms with Crippen LogP contribution in [0.3, 0.4) is 0 Å². The van der Waals surface area contributed by atoms with Gasteiger partial charge in [-0.2, -0.15) is 4.98 Å². The molecule has 1 aromatic heterocycles. The average Bonchev–Trinajstić information content (AvgIpc) is 2.60. The van der Waals surface area contributed by atoms with Gasteiger partial charge in [-0.15, -0.1) is 0 Å². The monoisotopic (exact) mass is 244 g/mol. The zero-order valence-electron chi connectivity index (χ0n) is 7.66. The predicted molar refractivity (Wildman–Crippen MR) is 56.2 cm³/mol. The van der Waals surface area contributed by atoms with E-state index in [1.54, 1.807) is 6.92 Å². The van der Waals surface area contributed by atoms with Crippen LogP contribution in [0, 0.1) is 6.92 Å². The predicted octanol–water partition coefficient (Wildman–Crippen LogP) is 3.06. The van der Waals surface area contributed by atoms with Crippen molar-refractivity contribution in [2.75, 3.05) is 0 Å². The standard InChI is InChI=1S/C9H6Cl2N2O2/c1-4-12-9(15-13-4)5-2-6(10)8(14)7(11)3-5/h2-3,14H,1H3. The number of rotatable bonds is 1. The van der Waals surface area contributed by atoms with Crippen LogP contribution in [0.5, 0.6) is 5.75 Å². The van der Waals surface area contributed by atoms with Crippen molar-refractivity contribution in [2.24, 2.45) is 0 Å². The summed E-state index contributed by atoms with van der Waals surface area (Å²) < 4.78 is 4.94. The minimum Gasteiger partial charge on any atom is -0.505 e. The van der Waals surface area contributed by atoms with Gasteiger partial charge in [0.25, 0.3) is 5.89 Å². The minimum absolute atomic E-state index is 0.147. The Labute approximate surface area is 95.4 Å². The summed E-state index contributed by atoms with van der Waals surface area (Å²) in [7, 11) is 0. The molecule has 0 bridgehead atoms. The lowest BCUT2D eigenvalue weighted by atomic mass is 10.2. The normalized spacial score (nSPS) is 10.6. The third-order valence-electron chi connectivity index (χ3n) is 1.79. The molecule has 0 saturated carbocycles. The number of phenols is 1. The van der Waals surface area contributed by atoms with Gasteiger partial charge in [-0.05, 0) is 19.1 Å². The van der Waals surface area contributed by atoms with Crippen molar-refractivity contribution in [1.29, 1.82) is 0 Å². The molecule has 0 unspecified atom stereocenters. The zero-order chi connectivity index (χ0) is 11.0. The number of hydrogen-bond donors (Lipinski definition) is 1. The molecular weight excluding hydrogens is 239 g/mol. The molecule has 0 fully saturated rings. The van der Waals surface area contributed by atoms with Crippen LogP contribution in [0.15, 0.2) is 16.7 Å². The second-order valence-electron chi connectivity index (χ2n) is 2.94. The first-order valence-electron chi connectivity index (χ1n) is 4.06. The van der Waals surface area contributed by atoms with Gasteiger partial charge in [0.15, 0.2) is 11.6 Å². The van der Waals surface area contributed by atoms with E-state index >= 15 is 0 Å². The first kappa shape index (κ1) is 10.3.